The van der Waals surface area contributed by atoms with Gasteiger partial charge in [-0.05, 0) is 87.4 Å². The Morgan fingerprint density at radius 3 is 1.31 bits per heavy atom. The van der Waals surface area contributed by atoms with Crippen LogP contribution in [-0.4, -0.2) is 42.7 Å². The number of benzene rings is 2. The summed E-state index contributed by atoms with van der Waals surface area (Å²) in [6.45, 7) is 12.3. The second-order valence-electron chi connectivity index (χ2n) is 8.33. The van der Waals surface area contributed by atoms with Gasteiger partial charge in [-0.25, -0.2) is 4.98 Å². The van der Waals surface area contributed by atoms with Crippen molar-refractivity contribution < 1.29 is 9.59 Å². The Kier molecular flexibility index (Phi) is 9.75. The number of aromatic nitrogens is 1. The number of anilines is 2. The molecule has 186 valence electrons. The zero-order valence-corrected chi connectivity index (χ0v) is 21.6. The van der Waals surface area contributed by atoms with Gasteiger partial charge in [-0.3, -0.25) is 9.59 Å². The Morgan fingerprint density at radius 2 is 0.972 bits per heavy atom. The molecule has 0 aliphatic heterocycles. The summed E-state index contributed by atoms with van der Waals surface area (Å²) in [5.41, 5.74) is 4.67. The number of carbonyl (C=O) groups is 2. The lowest BCUT2D eigenvalue weighted by Crippen LogP contribution is -2.21. The molecule has 0 radical (unpaired) electrons. The molecule has 0 atom stereocenters. The quantitative estimate of drug-likeness (QED) is 0.216. The molecule has 1 aromatic heterocycles. The van der Waals surface area contributed by atoms with E-state index in [1.54, 1.807) is 30.4 Å². The second kappa shape index (κ2) is 13.2. The Balaban J connectivity index is 1.65. The zero-order valence-electron chi connectivity index (χ0n) is 21.6. The van der Waals surface area contributed by atoms with E-state index in [0.717, 1.165) is 48.7 Å². The number of nitrogens with zero attached hydrogens (tertiary/aromatic N) is 3. The van der Waals surface area contributed by atoms with Crippen LogP contribution < -0.4 is 9.80 Å². The van der Waals surface area contributed by atoms with Crippen LogP contribution in [0, 0.1) is 0 Å². The van der Waals surface area contributed by atoms with E-state index in [1.807, 2.05) is 24.3 Å². The van der Waals surface area contributed by atoms with Crippen LogP contribution >= 0.6 is 0 Å². The average Bonchev–Trinajstić information content (AvgIpc) is 2.93. The van der Waals surface area contributed by atoms with Gasteiger partial charge in [-0.15, -0.1) is 0 Å². The highest BCUT2D eigenvalue weighted by atomic mass is 16.1. The molecule has 0 saturated carbocycles. The summed E-state index contributed by atoms with van der Waals surface area (Å²) in [5.74, 6) is -0.484. The van der Waals surface area contributed by atoms with Crippen molar-refractivity contribution in [3.05, 3.63) is 101 Å². The molecule has 1 heterocycles. The number of hydrogen-bond acceptors (Lipinski definition) is 5. The molecular weight excluding hydrogens is 446 g/mol. The van der Waals surface area contributed by atoms with Crippen LogP contribution in [0.5, 0.6) is 0 Å². The van der Waals surface area contributed by atoms with Crippen LogP contribution in [0.3, 0.4) is 0 Å². The van der Waals surface area contributed by atoms with Gasteiger partial charge in [0.25, 0.3) is 0 Å². The summed E-state index contributed by atoms with van der Waals surface area (Å²) >= 11 is 0. The van der Waals surface area contributed by atoms with E-state index in [9.17, 15) is 9.59 Å². The van der Waals surface area contributed by atoms with E-state index in [1.165, 1.54) is 12.2 Å². The number of ketones is 2. The van der Waals surface area contributed by atoms with Crippen LogP contribution in [0.2, 0.25) is 0 Å². The minimum Gasteiger partial charge on any atom is -0.372 e. The third-order valence-corrected chi connectivity index (χ3v) is 6.15. The van der Waals surface area contributed by atoms with Gasteiger partial charge in [0.1, 0.15) is 11.4 Å². The molecule has 0 aliphatic rings. The topological polar surface area (TPSA) is 53.5 Å². The van der Waals surface area contributed by atoms with Crippen molar-refractivity contribution in [1.82, 2.24) is 4.98 Å². The van der Waals surface area contributed by atoms with Gasteiger partial charge in [0, 0.05) is 37.6 Å². The molecule has 0 aliphatic carbocycles. The Bertz CT molecular complexity index is 1110. The van der Waals surface area contributed by atoms with Gasteiger partial charge in [-0.1, -0.05) is 42.5 Å². The molecule has 0 amide bonds. The molecule has 5 nitrogen and oxygen atoms in total. The maximum absolute atomic E-state index is 12.7. The first kappa shape index (κ1) is 26.6. The molecular formula is C31H35N3O2. The predicted octanol–water partition coefficient (Wildman–Crippen LogP) is 6.57. The number of carbonyl (C=O) groups excluding carboxylic acids is 2. The summed E-state index contributed by atoms with van der Waals surface area (Å²) in [4.78, 5) is 34.2. The highest BCUT2D eigenvalue weighted by Crippen LogP contribution is 2.17. The molecule has 0 spiro atoms. The first-order valence-corrected chi connectivity index (χ1v) is 12.6. The van der Waals surface area contributed by atoms with Crippen molar-refractivity contribution >= 4 is 35.1 Å². The Morgan fingerprint density at radius 1 is 0.611 bits per heavy atom. The largest absolute Gasteiger partial charge is 0.372 e. The van der Waals surface area contributed by atoms with Gasteiger partial charge in [0.2, 0.25) is 11.6 Å². The Hall–Kier alpha value is -3.99. The van der Waals surface area contributed by atoms with Gasteiger partial charge < -0.3 is 9.80 Å². The summed E-state index contributed by atoms with van der Waals surface area (Å²) in [7, 11) is 0. The first-order chi connectivity index (χ1) is 17.5. The molecule has 5 heteroatoms. The number of pyridine rings is 1. The first-order valence-electron chi connectivity index (χ1n) is 12.6. The lowest BCUT2D eigenvalue weighted by molar-refractivity contribution is 0.104. The average molecular weight is 482 g/mol. The summed E-state index contributed by atoms with van der Waals surface area (Å²) in [5, 5.41) is 0. The number of rotatable bonds is 12. The predicted molar refractivity (Wildman–Crippen MR) is 151 cm³/mol. The fourth-order valence-electron chi connectivity index (χ4n) is 3.99. The summed E-state index contributed by atoms with van der Waals surface area (Å²) in [6.07, 6.45) is 6.53. The molecule has 3 rings (SSSR count). The van der Waals surface area contributed by atoms with Crippen molar-refractivity contribution in [2.45, 2.75) is 27.7 Å². The van der Waals surface area contributed by atoms with Crippen LogP contribution in [0.4, 0.5) is 11.4 Å². The molecule has 0 fully saturated rings. The fraction of sp³-hybridized carbons (Fsp3) is 0.258. The lowest BCUT2D eigenvalue weighted by atomic mass is 10.1. The standard InChI is InChI=1S/C31H35N3O2/c1-5-33(6-2)26-18-12-24(13-19-26)16-22-30(35)28-10-9-11-29(32-28)31(36)23-17-25-14-20-27(21-15-25)34(7-3)8-4/h9-23H,5-8H2,1-4H3/b22-16+,23-17+. The van der Waals surface area contributed by atoms with E-state index in [2.05, 4.69) is 66.7 Å². The second-order valence-corrected chi connectivity index (χ2v) is 8.33. The van der Waals surface area contributed by atoms with E-state index in [4.69, 9.17) is 0 Å². The molecule has 0 saturated heterocycles. The molecule has 36 heavy (non-hydrogen) atoms. The Labute approximate surface area is 214 Å². The SMILES string of the molecule is CCN(CC)c1ccc(/C=C/C(=O)c2cccc(C(=O)/C=C/c3ccc(N(CC)CC)cc3)n2)cc1. The molecule has 3 aromatic rings. The molecule has 0 unspecified atom stereocenters. The fourth-order valence-corrected chi connectivity index (χ4v) is 3.99. The molecule has 2 aromatic carbocycles. The molecule has 0 N–H and O–H groups in total. The van der Waals surface area contributed by atoms with Crippen molar-refractivity contribution in [3.63, 3.8) is 0 Å². The van der Waals surface area contributed by atoms with Crippen molar-refractivity contribution in [2.24, 2.45) is 0 Å². The maximum Gasteiger partial charge on any atom is 0.204 e. The van der Waals surface area contributed by atoms with Gasteiger partial charge >= 0.3 is 0 Å². The van der Waals surface area contributed by atoms with Crippen LogP contribution in [-0.2, 0) is 0 Å². The monoisotopic (exact) mass is 481 g/mol. The molecule has 0 bridgehead atoms. The maximum atomic E-state index is 12.7. The highest BCUT2D eigenvalue weighted by molar-refractivity contribution is 6.08. The summed E-state index contributed by atoms with van der Waals surface area (Å²) in [6, 6.07) is 21.1. The van der Waals surface area contributed by atoms with Crippen LogP contribution in [0.25, 0.3) is 12.2 Å². The smallest absolute Gasteiger partial charge is 0.204 e. The number of hydrogen-bond donors (Lipinski definition) is 0. The van der Waals surface area contributed by atoms with E-state index < -0.39 is 0 Å². The highest BCUT2D eigenvalue weighted by Gasteiger charge is 2.09. The van der Waals surface area contributed by atoms with Crippen molar-refractivity contribution in [2.75, 3.05) is 36.0 Å². The third-order valence-electron chi connectivity index (χ3n) is 6.15. The zero-order chi connectivity index (χ0) is 25.9. The summed E-state index contributed by atoms with van der Waals surface area (Å²) < 4.78 is 0. The normalized spacial score (nSPS) is 11.2. The lowest BCUT2D eigenvalue weighted by Gasteiger charge is -2.20. The van der Waals surface area contributed by atoms with E-state index in [-0.39, 0.29) is 23.0 Å². The van der Waals surface area contributed by atoms with Gasteiger partial charge in [0.15, 0.2) is 0 Å². The minimum absolute atomic E-state index is 0.242. The van der Waals surface area contributed by atoms with E-state index in [0.29, 0.717) is 0 Å². The van der Waals surface area contributed by atoms with Crippen molar-refractivity contribution in [3.8, 4) is 0 Å². The number of allylic oxidation sites excluding steroid dienone is 2. The van der Waals surface area contributed by atoms with Crippen LogP contribution in [0.15, 0.2) is 78.9 Å². The van der Waals surface area contributed by atoms with Gasteiger partial charge in [-0.2, -0.15) is 0 Å². The van der Waals surface area contributed by atoms with Crippen LogP contribution in [0.1, 0.15) is 59.8 Å². The van der Waals surface area contributed by atoms with Gasteiger partial charge in [0.05, 0.1) is 0 Å². The third kappa shape index (κ3) is 7.01. The van der Waals surface area contributed by atoms with E-state index >= 15 is 0 Å². The minimum atomic E-state index is -0.242. The van der Waals surface area contributed by atoms with Crippen molar-refractivity contribution in [1.29, 1.82) is 0 Å².